The van der Waals surface area contributed by atoms with Crippen LogP contribution in [-0.2, 0) is 25.8 Å². The van der Waals surface area contributed by atoms with Crippen LogP contribution in [0.4, 0.5) is 11.8 Å². The Balaban J connectivity index is 1.30. The zero-order chi connectivity index (χ0) is 20.8. The molecule has 6 rings (SSSR count). The number of hydrogen-bond acceptors (Lipinski definition) is 6. The lowest BCUT2D eigenvalue weighted by Crippen LogP contribution is -2.30. The maximum Gasteiger partial charge on any atom is 0.227 e. The minimum absolute atomic E-state index is 0.305. The van der Waals surface area contributed by atoms with Crippen LogP contribution in [0.5, 0.6) is 5.75 Å². The number of fused-ring (bicyclic) bond motifs is 1. The number of nitrogens with zero attached hydrogens (tertiary/aromatic N) is 4. The highest BCUT2D eigenvalue weighted by Crippen LogP contribution is 2.33. The van der Waals surface area contributed by atoms with Gasteiger partial charge in [-0.15, -0.1) is 0 Å². The van der Waals surface area contributed by atoms with Gasteiger partial charge in [0, 0.05) is 25.6 Å². The zero-order valence-electron chi connectivity index (χ0n) is 17.4. The summed E-state index contributed by atoms with van der Waals surface area (Å²) in [6, 6.07) is 17.2. The van der Waals surface area contributed by atoms with Gasteiger partial charge in [-0.2, -0.15) is 15.1 Å². The summed E-state index contributed by atoms with van der Waals surface area (Å²) in [4.78, 5) is 12.0. The standard InChI is InChI=1S/C24H24N6O/c1-31-19-8-6-15(7-9-19)14-30-11-10-20-21-22(29-28-20)26-24(27-23(21)30)25-18-12-16-4-2-3-5-17(16)13-18/h2-9,18H,10-14H2,1H3,(H2,25,26,27,28,29). The van der Waals surface area contributed by atoms with Crippen LogP contribution in [0.25, 0.3) is 11.0 Å². The molecular formula is C24H24N6O. The van der Waals surface area contributed by atoms with Crippen molar-refractivity contribution in [2.45, 2.75) is 31.8 Å². The summed E-state index contributed by atoms with van der Waals surface area (Å²) in [7, 11) is 1.69. The third-order valence-electron chi connectivity index (χ3n) is 6.32. The number of hydrogen-bond donors (Lipinski definition) is 2. The molecule has 2 N–H and O–H groups in total. The minimum atomic E-state index is 0.305. The lowest BCUT2D eigenvalue weighted by atomic mass is 10.1. The predicted octanol–water partition coefficient (Wildman–Crippen LogP) is 3.50. The Morgan fingerprint density at radius 1 is 1.06 bits per heavy atom. The van der Waals surface area contributed by atoms with Gasteiger partial charge < -0.3 is 15.0 Å². The summed E-state index contributed by atoms with van der Waals surface area (Å²) in [6.07, 6.45) is 2.90. The molecule has 31 heavy (non-hydrogen) atoms. The van der Waals surface area contributed by atoms with E-state index in [4.69, 9.17) is 14.7 Å². The van der Waals surface area contributed by atoms with Crippen LogP contribution in [0.2, 0.25) is 0 Å². The molecule has 7 nitrogen and oxygen atoms in total. The van der Waals surface area contributed by atoms with Crippen molar-refractivity contribution in [2.75, 3.05) is 23.9 Å². The summed E-state index contributed by atoms with van der Waals surface area (Å²) in [5, 5.41) is 12.2. The van der Waals surface area contributed by atoms with Crippen molar-refractivity contribution in [3.63, 3.8) is 0 Å². The van der Waals surface area contributed by atoms with Crippen LogP contribution >= 0.6 is 0 Å². The van der Waals surface area contributed by atoms with E-state index >= 15 is 0 Å². The lowest BCUT2D eigenvalue weighted by Gasteiger charge is -2.28. The highest BCUT2D eigenvalue weighted by molar-refractivity contribution is 5.91. The van der Waals surface area contributed by atoms with Crippen molar-refractivity contribution in [3.8, 4) is 5.75 Å². The highest BCUT2D eigenvalue weighted by Gasteiger charge is 2.26. The Morgan fingerprint density at radius 2 is 1.84 bits per heavy atom. The van der Waals surface area contributed by atoms with Gasteiger partial charge in [-0.3, -0.25) is 5.10 Å². The molecule has 1 aliphatic carbocycles. The van der Waals surface area contributed by atoms with Gasteiger partial charge >= 0.3 is 0 Å². The van der Waals surface area contributed by atoms with Gasteiger partial charge in [-0.05, 0) is 41.7 Å². The quantitative estimate of drug-likeness (QED) is 0.522. The first-order valence-electron chi connectivity index (χ1n) is 10.7. The Kier molecular flexibility index (Phi) is 4.26. The molecule has 0 bridgehead atoms. The average Bonchev–Trinajstić information content (AvgIpc) is 3.40. The molecule has 2 aliphatic rings. The van der Waals surface area contributed by atoms with E-state index in [1.807, 2.05) is 12.1 Å². The van der Waals surface area contributed by atoms with Gasteiger partial charge in [0.05, 0.1) is 18.2 Å². The topological polar surface area (TPSA) is 79.0 Å². The minimum Gasteiger partial charge on any atom is -0.497 e. The van der Waals surface area contributed by atoms with Crippen LogP contribution < -0.4 is 15.0 Å². The van der Waals surface area contributed by atoms with Crippen LogP contribution in [0.1, 0.15) is 22.4 Å². The van der Waals surface area contributed by atoms with Crippen LogP contribution in [0.15, 0.2) is 48.5 Å². The summed E-state index contributed by atoms with van der Waals surface area (Å²) < 4.78 is 5.29. The monoisotopic (exact) mass is 412 g/mol. The third kappa shape index (κ3) is 3.26. The number of anilines is 2. The number of rotatable bonds is 5. The molecule has 2 aromatic carbocycles. The highest BCUT2D eigenvalue weighted by atomic mass is 16.5. The number of H-pyrrole nitrogens is 1. The molecular weight excluding hydrogens is 388 g/mol. The SMILES string of the molecule is COc1ccc(CN2CCc3[nH]nc4nc(NC5Cc6ccccc6C5)nc2c34)cc1. The second-order valence-electron chi connectivity index (χ2n) is 8.31. The fourth-order valence-electron chi connectivity index (χ4n) is 4.74. The molecule has 0 saturated heterocycles. The first-order chi connectivity index (χ1) is 15.3. The summed E-state index contributed by atoms with van der Waals surface area (Å²) in [5.41, 5.74) is 5.89. The fourth-order valence-corrected chi connectivity index (χ4v) is 4.74. The molecule has 0 atom stereocenters. The summed E-state index contributed by atoms with van der Waals surface area (Å²) in [6.45, 7) is 1.68. The third-order valence-corrected chi connectivity index (χ3v) is 6.32. The number of aromatic amines is 1. The molecule has 0 saturated carbocycles. The van der Waals surface area contributed by atoms with E-state index in [2.05, 4.69) is 56.8 Å². The van der Waals surface area contributed by atoms with Gasteiger partial charge in [-0.25, -0.2) is 0 Å². The van der Waals surface area contributed by atoms with E-state index in [1.165, 1.54) is 16.7 Å². The van der Waals surface area contributed by atoms with Gasteiger partial charge in [0.1, 0.15) is 11.6 Å². The molecule has 2 aromatic heterocycles. The molecule has 156 valence electrons. The maximum atomic E-state index is 5.29. The van der Waals surface area contributed by atoms with E-state index < -0.39 is 0 Å². The van der Waals surface area contributed by atoms with E-state index in [0.717, 1.165) is 60.6 Å². The van der Waals surface area contributed by atoms with E-state index in [1.54, 1.807) is 7.11 Å². The van der Waals surface area contributed by atoms with Crippen molar-refractivity contribution in [1.29, 1.82) is 0 Å². The molecule has 7 heteroatoms. The number of aromatic nitrogens is 4. The van der Waals surface area contributed by atoms with Crippen LogP contribution in [-0.4, -0.2) is 39.9 Å². The largest absolute Gasteiger partial charge is 0.497 e. The summed E-state index contributed by atoms with van der Waals surface area (Å²) >= 11 is 0. The number of ether oxygens (including phenoxy) is 1. The Labute approximate surface area is 180 Å². The van der Waals surface area contributed by atoms with Crippen LogP contribution in [0, 0.1) is 0 Å². The number of benzene rings is 2. The van der Waals surface area contributed by atoms with Crippen molar-refractivity contribution in [3.05, 3.63) is 70.9 Å². The Hall–Kier alpha value is -3.61. The first-order valence-corrected chi connectivity index (χ1v) is 10.7. The molecule has 0 radical (unpaired) electrons. The van der Waals surface area contributed by atoms with Gasteiger partial charge in [0.15, 0.2) is 5.65 Å². The average molecular weight is 412 g/mol. The number of nitrogens with one attached hydrogen (secondary N) is 2. The molecule has 0 spiro atoms. The van der Waals surface area contributed by atoms with E-state index in [-0.39, 0.29) is 0 Å². The van der Waals surface area contributed by atoms with Gasteiger partial charge in [0.25, 0.3) is 0 Å². The predicted molar refractivity (Wildman–Crippen MR) is 121 cm³/mol. The normalized spacial score (nSPS) is 15.3. The smallest absolute Gasteiger partial charge is 0.227 e. The lowest BCUT2D eigenvalue weighted by molar-refractivity contribution is 0.414. The molecule has 1 aliphatic heterocycles. The summed E-state index contributed by atoms with van der Waals surface area (Å²) in [5.74, 6) is 2.47. The Morgan fingerprint density at radius 3 is 2.58 bits per heavy atom. The second-order valence-corrected chi connectivity index (χ2v) is 8.31. The van der Waals surface area contributed by atoms with Crippen LogP contribution in [0.3, 0.4) is 0 Å². The first kappa shape index (κ1) is 18.2. The second kappa shape index (κ2) is 7.27. The van der Waals surface area contributed by atoms with Crippen molar-refractivity contribution in [2.24, 2.45) is 0 Å². The molecule has 0 amide bonds. The molecule has 0 unspecified atom stereocenters. The van der Waals surface area contributed by atoms with Crippen molar-refractivity contribution < 1.29 is 4.74 Å². The van der Waals surface area contributed by atoms with Gasteiger partial charge in [-0.1, -0.05) is 36.4 Å². The maximum absolute atomic E-state index is 5.29. The Bertz CT molecular complexity index is 1220. The van der Waals surface area contributed by atoms with E-state index in [9.17, 15) is 0 Å². The number of methoxy groups -OCH3 is 1. The van der Waals surface area contributed by atoms with E-state index in [0.29, 0.717) is 12.0 Å². The van der Waals surface area contributed by atoms with Crippen molar-refractivity contribution in [1.82, 2.24) is 20.2 Å². The molecule has 4 aromatic rings. The zero-order valence-corrected chi connectivity index (χ0v) is 17.4. The molecule has 3 heterocycles. The van der Waals surface area contributed by atoms with Crippen molar-refractivity contribution >= 4 is 22.8 Å². The molecule has 0 fully saturated rings. The van der Waals surface area contributed by atoms with Gasteiger partial charge in [0.2, 0.25) is 5.95 Å². The fraction of sp³-hybridized carbons (Fsp3) is 0.292.